The number of rotatable bonds is 14. The van der Waals surface area contributed by atoms with Gasteiger partial charge in [0.1, 0.15) is 11.5 Å². The van der Waals surface area contributed by atoms with Crippen molar-refractivity contribution < 1.29 is 24.0 Å². The summed E-state index contributed by atoms with van der Waals surface area (Å²) >= 11 is 0. The molecule has 3 aromatic carbocycles. The topological polar surface area (TPSA) is 95.7 Å². The van der Waals surface area contributed by atoms with Crippen LogP contribution >= 0.6 is 0 Å². The lowest BCUT2D eigenvalue weighted by molar-refractivity contribution is -0.384. The molecule has 0 saturated carbocycles. The molecule has 0 fully saturated rings. The number of unbranched alkanes of at least 4 members (excludes halogenated alkanes) is 5. The molecule has 0 amide bonds. The van der Waals surface area contributed by atoms with Gasteiger partial charge in [0.05, 0.1) is 17.1 Å². The van der Waals surface area contributed by atoms with Crippen LogP contribution in [0, 0.1) is 10.1 Å². The second-order valence-electron chi connectivity index (χ2n) is 8.60. The quantitative estimate of drug-likeness (QED) is 0.0433. The molecular formula is C30H31NO6. The van der Waals surface area contributed by atoms with Gasteiger partial charge in [0.25, 0.3) is 5.69 Å². The highest BCUT2D eigenvalue weighted by molar-refractivity contribution is 6.06. The second-order valence-corrected chi connectivity index (χ2v) is 8.60. The van der Waals surface area contributed by atoms with E-state index in [4.69, 9.17) is 9.47 Å². The molecule has 7 nitrogen and oxygen atoms in total. The van der Waals surface area contributed by atoms with Crippen LogP contribution in [0.3, 0.4) is 0 Å². The fraction of sp³-hybridized carbons (Fsp3) is 0.267. The maximum absolute atomic E-state index is 12.5. The predicted molar refractivity (Wildman–Crippen MR) is 143 cm³/mol. The molecule has 0 radical (unpaired) electrons. The highest BCUT2D eigenvalue weighted by Gasteiger charge is 2.10. The molecule has 0 aromatic heterocycles. The number of nitro groups is 1. The lowest BCUT2D eigenvalue weighted by Crippen LogP contribution is -2.08. The van der Waals surface area contributed by atoms with Gasteiger partial charge in [-0.1, -0.05) is 57.2 Å². The van der Waals surface area contributed by atoms with Crippen molar-refractivity contribution in [1.29, 1.82) is 0 Å². The van der Waals surface area contributed by atoms with Crippen LogP contribution in [0.25, 0.3) is 6.08 Å². The van der Waals surface area contributed by atoms with Crippen molar-refractivity contribution >= 4 is 23.5 Å². The molecule has 0 bridgehead atoms. The first kappa shape index (κ1) is 27.3. The molecule has 0 unspecified atom stereocenters. The number of esters is 1. The van der Waals surface area contributed by atoms with Crippen molar-refractivity contribution in [1.82, 2.24) is 0 Å². The zero-order valence-corrected chi connectivity index (χ0v) is 20.9. The molecule has 0 atom stereocenters. The Kier molecular flexibility index (Phi) is 10.6. The molecule has 37 heavy (non-hydrogen) atoms. The van der Waals surface area contributed by atoms with Gasteiger partial charge in [-0.2, -0.15) is 0 Å². The lowest BCUT2D eigenvalue weighted by atomic mass is 10.1. The molecule has 0 aliphatic carbocycles. The van der Waals surface area contributed by atoms with Crippen LogP contribution in [0.4, 0.5) is 5.69 Å². The highest BCUT2D eigenvalue weighted by atomic mass is 16.6. The van der Waals surface area contributed by atoms with Gasteiger partial charge in [-0.15, -0.1) is 0 Å². The zero-order chi connectivity index (χ0) is 26.5. The van der Waals surface area contributed by atoms with Gasteiger partial charge in [-0.25, -0.2) is 4.79 Å². The van der Waals surface area contributed by atoms with Crippen LogP contribution in [-0.2, 0) is 0 Å². The van der Waals surface area contributed by atoms with E-state index in [2.05, 4.69) is 6.92 Å². The van der Waals surface area contributed by atoms with Crippen LogP contribution in [0.2, 0.25) is 0 Å². The van der Waals surface area contributed by atoms with Gasteiger partial charge in [0.2, 0.25) is 0 Å². The zero-order valence-electron chi connectivity index (χ0n) is 20.9. The van der Waals surface area contributed by atoms with Crippen LogP contribution in [-0.4, -0.2) is 23.3 Å². The van der Waals surface area contributed by atoms with E-state index in [-0.39, 0.29) is 11.5 Å². The van der Waals surface area contributed by atoms with E-state index in [1.165, 1.54) is 56.0 Å². The molecular weight excluding hydrogens is 470 g/mol. The molecule has 0 spiro atoms. The molecule has 0 aliphatic rings. The fourth-order valence-corrected chi connectivity index (χ4v) is 3.59. The summed E-state index contributed by atoms with van der Waals surface area (Å²) in [5, 5.41) is 10.7. The Morgan fingerprint density at radius 3 is 2.03 bits per heavy atom. The number of allylic oxidation sites excluding steroid dienone is 1. The van der Waals surface area contributed by atoms with E-state index in [0.29, 0.717) is 23.5 Å². The largest absolute Gasteiger partial charge is 0.494 e. The van der Waals surface area contributed by atoms with E-state index < -0.39 is 10.9 Å². The van der Waals surface area contributed by atoms with E-state index >= 15 is 0 Å². The van der Waals surface area contributed by atoms with E-state index in [0.717, 1.165) is 24.2 Å². The van der Waals surface area contributed by atoms with Gasteiger partial charge in [-0.3, -0.25) is 14.9 Å². The molecule has 0 aliphatic heterocycles. The van der Waals surface area contributed by atoms with Crippen molar-refractivity contribution in [2.24, 2.45) is 0 Å². The van der Waals surface area contributed by atoms with Gasteiger partial charge in [0, 0.05) is 17.7 Å². The first-order valence-electron chi connectivity index (χ1n) is 12.5. The minimum absolute atomic E-state index is 0.0709. The minimum atomic E-state index is -0.514. The van der Waals surface area contributed by atoms with Gasteiger partial charge in [-0.05, 0) is 66.6 Å². The number of hydrogen-bond acceptors (Lipinski definition) is 6. The molecule has 0 heterocycles. The molecule has 7 heteroatoms. The predicted octanol–water partition coefficient (Wildman–Crippen LogP) is 7.45. The molecule has 0 N–H and O–H groups in total. The fourth-order valence-electron chi connectivity index (χ4n) is 3.59. The molecule has 192 valence electrons. The van der Waals surface area contributed by atoms with Gasteiger partial charge >= 0.3 is 5.97 Å². The Bertz CT molecular complexity index is 1200. The summed E-state index contributed by atoms with van der Waals surface area (Å²) in [6.45, 7) is 2.87. The van der Waals surface area contributed by atoms with Crippen LogP contribution in [0.5, 0.6) is 11.5 Å². The summed E-state index contributed by atoms with van der Waals surface area (Å²) < 4.78 is 11.2. The lowest BCUT2D eigenvalue weighted by Gasteiger charge is -2.08. The normalized spacial score (nSPS) is 10.8. The average molecular weight is 502 g/mol. The summed E-state index contributed by atoms with van der Waals surface area (Å²) in [4.78, 5) is 35.0. The van der Waals surface area contributed by atoms with Crippen molar-refractivity contribution in [2.75, 3.05) is 6.61 Å². The number of hydrogen-bond donors (Lipinski definition) is 0. The summed E-state index contributed by atoms with van der Waals surface area (Å²) in [6.07, 6.45) is 10.2. The van der Waals surface area contributed by atoms with Crippen LogP contribution in [0.1, 0.15) is 71.7 Å². The van der Waals surface area contributed by atoms with E-state index in [1.807, 2.05) is 0 Å². The summed E-state index contributed by atoms with van der Waals surface area (Å²) in [6, 6.07) is 19.1. The third-order valence-corrected chi connectivity index (χ3v) is 5.74. The summed E-state index contributed by atoms with van der Waals surface area (Å²) in [5.74, 6) is 0.362. The third-order valence-electron chi connectivity index (χ3n) is 5.74. The number of nitrogens with zero attached hydrogens (tertiary/aromatic N) is 1. The van der Waals surface area contributed by atoms with E-state index in [9.17, 15) is 19.7 Å². The monoisotopic (exact) mass is 501 g/mol. The highest BCUT2D eigenvalue weighted by Crippen LogP contribution is 2.18. The van der Waals surface area contributed by atoms with Crippen molar-refractivity contribution in [3.8, 4) is 11.5 Å². The number of ether oxygens (including phenoxy) is 2. The number of benzene rings is 3. The summed E-state index contributed by atoms with van der Waals surface area (Å²) in [5.41, 5.74) is 1.44. The Labute approximate surface area is 216 Å². The second kappa shape index (κ2) is 14.3. The Morgan fingerprint density at radius 2 is 1.38 bits per heavy atom. The number of nitro benzene ring substituents is 1. The smallest absolute Gasteiger partial charge is 0.343 e. The van der Waals surface area contributed by atoms with Crippen molar-refractivity contribution in [3.05, 3.63) is 106 Å². The first-order valence-corrected chi connectivity index (χ1v) is 12.5. The maximum Gasteiger partial charge on any atom is 0.343 e. The first-order chi connectivity index (χ1) is 18.0. The molecule has 3 rings (SSSR count). The number of carbonyl (C=O) groups excluding carboxylic acids is 2. The van der Waals surface area contributed by atoms with E-state index in [1.54, 1.807) is 54.6 Å². The Balaban J connectivity index is 1.45. The minimum Gasteiger partial charge on any atom is -0.494 e. The van der Waals surface area contributed by atoms with Gasteiger partial charge in [0.15, 0.2) is 5.78 Å². The Morgan fingerprint density at radius 1 is 0.784 bits per heavy atom. The Hall–Kier alpha value is -4.26. The van der Waals surface area contributed by atoms with Crippen LogP contribution in [0.15, 0.2) is 78.9 Å². The summed E-state index contributed by atoms with van der Waals surface area (Å²) in [7, 11) is 0. The molecule has 3 aromatic rings. The molecule has 0 saturated heterocycles. The van der Waals surface area contributed by atoms with Gasteiger partial charge < -0.3 is 9.47 Å². The van der Waals surface area contributed by atoms with Crippen LogP contribution < -0.4 is 9.47 Å². The third kappa shape index (κ3) is 9.04. The SMILES string of the molecule is CCCCCCCCOc1ccc(C(=O)Oc2ccc(/C=C/C(=O)c3ccc([N+](=O)[O-])cc3)cc2)cc1. The average Bonchev–Trinajstić information content (AvgIpc) is 2.92. The number of ketones is 1. The van der Waals surface area contributed by atoms with Crippen molar-refractivity contribution in [3.63, 3.8) is 0 Å². The maximum atomic E-state index is 12.5. The number of non-ortho nitro benzene ring substituents is 1. The number of carbonyl (C=O) groups is 2. The standard InChI is InChI=1S/C30H31NO6/c1-2-3-4-5-6-7-22-36-27-19-13-25(14-20-27)30(33)37-28-17-8-23(9-18-28)10-21-29(32)24-11-15-26(16-12-24)31(34)35/h8-21H,2-7,22H2,1H3/b21-10+. The van der Waals surface area contributed by atoms with Crippen molar-refractivity contribution in [2.45, 2.75) is 45.4 Å².